The Morgan fingerprint density at radius 2 is 1.86 bits per heavy atom. The smallest absolute Gasteiger partial charge is 0.235 e. The zero-order valence-electron chi connectivity index (χ0n) is 16.1. The van der Waals surface area contributed by atoms with Gasteiger partial charge in [0, 0.05) is 6.07 Å². The highest BCUT2D eigenvalue weighted by Gasteiger charge is 2.26. The quantitative estimate of drug-likeness (QED) is 0.696. The second-order valence-electron chi connectivity index (χ2n) is 7.22. The topological polar surface area (TPSA) is 84.2 Å². The van der Waals surface area contributed by atoms with Crippen LogP contribution in [0.25, 0.3) is 0 Å². The molecule has 1 saturated carbocycles. The summed E-state index contributed by atoms with van der Waals surface area (Å²) in [6.07, 6.45) is 6.02. The van der Waals surface area contributed by atoms with Gasteiger partial charge in [-0.1, -0.05) is 54.8 Å². The summed E-state index contributed by atoms with van der Waals surface area (Å²) in [6.45, 7) is 1.76. The Morgan fingerprint density at radius 3 is 2.54 bits per heavy atom. The largest absolute Gasteiger partial charge is 0.360 e. The summed E-state index contributed by atoms with van der Waals surface area (Å²) in [5.74, 6) is 1.72. The molecule has 28 heavy (non-hydrogen) atoms. The van der Waals surface area contributed by atoms with Crippen molar-refractivity contribution in [2.75, 3.05) is 16.8 Å². The van der Waals surface area contributed by atoms with Gasteiger partial charge in [-0.2, -0.15) is 0 Å². The normalized spacial score (nSPS) is 15.8. The number of amides is 2. The molecule has 0 spiro atoms. The molecule has 2 aromatic rings. The van der Waals surface area contributed by atoms with Crippen LogP contribution in [0, 0.1) is 12.8 Å². The number of hydrogen-bond donors (Lipinski definition) is 2. The molecule has 6 nitrogen and oxygen atoms in total. The highest BCUT2D eigenvalue weighted by Crippen LogP contribution is 2.34. The van der Waals surface area contributed by atoms with E-state index in [1.54, 1.807) is 13.0 Å². The van der Waals surface area contributed by atoms with E-state index in [-0.39, 0.29) is 29.4 Å². The minimum absolute atomic E-state index is 0.0329. The molecule has 7 heteroatoms. The molecule has 0 saturated heterocycles. The van der Waals surface area contributed by atoms with E-state index >= 15 is 0 Å². The molecule has 1 atom stereocenters. The molecule has 1 fully saturated rings. The maximum absolute atomic E-state index is 12.5. The molecule has 2 amide bonds. The molecular formula is C21H27N3O3S. The van der Waals surface area contributed by atoms with Crippen molar-refractivity contribution in [1.82, 2.24) is 10.5 Å². The lowest BCUT2D eigenvalue weighted by molar-refractivity contribution is -0.119. The predicted octanol–water partition coefficient (Wildman–Crippen LogP) is 4.09. The minimum atomic E-state index is -0.196. The van der Waals surface area contributed by atoms with Crippen LogP contribution in [0.4, 0.5) is 5.82 Å². The summed E-state index contributed by atoms with van der Waals surface area (Å²) in [4.78, 5) is 24.5. The van der Waals surface area contributed by atoms with Crippen molar-refractivity contribution in [3.8, 4) is 0 Å². The van der Waals surface area contributed by atoms with Crippen LogP contribution in [0.3, 0.4) is 0 Å². The first-order valence-corrected chi connectivity index (χ1v) is 10.9. The third-order valence-corrected chi connectivity index (χ3v) is 5.89. The van der Waals surface area contributed by atoms with Gasteiger partial charge >= 0.3 is 0 Å². The van der Waals surface area contributed by atoms with E-state index < -0.39 is 0 Å². The summed E-state index contributed by atoms with van der Waals surface area (Å²) in [7, 11) is 0. The number of nitrogens with one attached hydrogen (secondary N) is 2. The Balaban J connectivity index is 1.48. The maximum atomic E-state index is 12.5. The Labute approximate surface area is 169 Å². The molecule has 1 aliphatic carbocycles. The van der Waals surface area contributed by atoms with Crippen LogP contribution < -0.4 is 10.6 Å². The number of nitrogens with zero attached hydrogens (tertiary/aromatic N) is 1. The van der Waals surface area contributed by atoms with Gasteiger partial charge in [0.25, 0.3) is 0 Å². The van der Waals surface area contributed by atoms with Crippen molar-refractivity contribution < 1.29 is 14.1 Å². The Kier molecular flexibility index (Phi) is 7.54. The number of carbonyl (C=O) groups excluding carboxylic acids is 2. The molecule has 1 aromatic carbocycles. The lowest BCUT2D eigenvalue weighted by Gasteiger charge is -2.31. The van der Waals surface area contributed by atoms with Crippen molar-refractivity contribution in [2.24, 2.45) is 5.92 Å². The lowest BCUT2D eigenvalue weighted by Crippen LogP contribution is -2.35. The number of carbonyl (C=O) groups is 2. The SMILES string of the molecule is Cc1cc(NC(=O)CSCC(=O)N[C@@H](c2ccccc2)C2CCCCC2)no1. The molecule has 2 N–H and O–H groups in total. The van der Waals surface area contributed by atoms with Gasteiger partial charge in [0.15, 0.2) is 5.82 Å². The van der Waals surface area contributed by atoms with Crippen molar-refractivity contribution in [3.05, 3.63) is 47.7 Å². The molecule has 1 heterocycles. The fraction of sp³-hybridized carbons (Fsp3) is 0.476. The van der Waals surface area contributed by atoms with Crippen LogP contribution in [-0.4, -0.2) is 28.5 Å². The number of rotatable bonds is 8. The first kappa shape index (κ1) is 20.5. The number of hydrogen-bond acceptors (Lipinski definition) is 5. The average Bonchev–Trinajstić information content (AvgIpc) is 3.12. The Hall–Kier alpha value is -2.28. The summed E-state index contributed by atoms with van der Waals surface area (Å²) in [5.41, 5.74) is 1.16. The minimum Gasteiger partial charge on any atom is -0.360 e. The molecule has 0 bridgehead atoms. The second-order valence-corrected chi connectivity index (χ2v) is 8.20. The zero-order chi connectivity index (χ0) is 19.8. The maximum Gasteiger partial charge on any atom is 0.235 e. The summed E-state index contributed by atoms with van der Waals surface area (Å²) < 4.78 is 4.92. The van der Waals surface area contributed by atoms with Gasteiger partial charge in [-0.15, -0.1) is 11.8 Å². The Bertz CT molecular complexity index is 772. The van der Waals surface area contributed by atoms with Crippen LogP contribution in [0.1, 0.15) is 49.5 Å². The molecule has 1 aromatic heterocycles. The highest BCUT2D eigenvalue weighted by atomic mass is 32.2. The number of anilines is 1. The number of benzene rings is 1. The van der Waals surface area contributed by atoms with Gasteiger partial charge in [0.2, 0.25) is 11.8 Å². The third-order valence-electron chi connectivity index (χ3n) is 4.96. The van der Waals surface area contributed by atoms with Crippen LogP contribution in [0.2, 0.25) is 0 Å². The van der Waals surface area contributed by atoms with Crippen LogP contribution in [-0.2, 0) is 9.59 Å². The first-order chi connectivity index (χ1) is 13.6. The Morgan fingerprint density at radius 1 is 1.14 bits per heavy atom. The van der Waals surface area contributed by atoms with Crippen LogP contribution in [0.15, 0.2) is 40.9 Å². The fourth-order valence-corrected chi connectivity index (χ4v) is 4.29. The lowest BCUT2D eigenvalue weighted by atomic mass is 9.81. The fourth-order valence-electron chi connectivity index (χ4n) is 3.66. The van der Waals surface area contributed by atoms with E-state index in [0.29, 0.717) is 17.5 Å². The van der Waals surface area contributed by atoms with E-state index in [1.807, 2.05) is 18.2 Å². The van der Waals surface area contributed by atoms with Gasteiger partial charge in [-0.05, 0) is 31.2 Å². The zero-order valence-corrected chi connectivity index (χ0v) is 17.0. The third kappa shape index (κ3) is 6.12. The molecule has 3 rings (SSSR count). The van der Waals surface area contributed by atoms with Gasteiger partial charge in [-0.25, -0.2) is 0 Å². The van der Waals surface area contributed by atoms with E-state index in [1.165, 1.54) is 31.0 Å². The number of thioether (sulfide) groups is 1. The van der Waals surface area contributed by atoms with Gasteiger partial charge < -0.3 is 15.2 Å². The average molecular weight is 402 g/mol. The molecular weight excluding hydrogens is 374 g/mol. The van der Waals surface area contributed by atoms with Crippen molar-refractivity contribution in [2.45, 2.75) is 45.1 Å². The standard InChI is InChI=1S/C21H27N3O3S/c1-15-12-18(24-27-15)22-19(25)13-28-14-20(26)23-21(16-8-4-2-5-9-16)17-10-6-3-7-11-17/h2,4-5,8-9,12,17,21H,3,6-7,10-11,13-14H2,1H3,(H,23,26)(H,22,24,25)/t21-/m0/s1. The van der Waals surface area contributed by atoms with Crippen molar-refractivity contribution in [1.29, 1.82) is 0 Å². The summed E-state index contributed by atoms with van der Waals surface area (Å²) in [5, 5.41) is 9.60. The van der Waals surface area contributed by atoms with E-state index in [0.717, 1.165) is 18.4 Å². The molecule has 0 unspecified atom stereocenters. The molecule has 0 radical (unpaired) electrons. The van der Waals surface area contributed by atoms with Crippen LogP contribution in [0.5, 0.6) is 0 Å². The molecule has 150 valence electrons. The van der Waals surface area contributed by atoms with Crippen molar-refractivity contribution in [3.63, 3.8) is 0 Å². The number of aryl methyl sites for hydroxylation is 1. The summed E-state index contributed by atoms with van der Waals surface area (Å²) in [6, 6.07) is 11.9. The van der Waals surface area contributed by atoms with E-state index in [4.69, 9.17) is 4.52 Å². The van der Waals surface area contributed by atoms with Crippen molar-refractivity contribution >= 4 is 29.4 Å². The highest BCUT2D eigenvalue weighted by molar-refractivity contribution is 8.00. The number of aromatic nitrogens is 1. The predicted molar refractivity (Wildman–Crippen MR) is 111 cm³/mol. The second kappa shape index (κ2) is 10.3. The molecule has 1 aliphatic rings. The summed E-state index contributed by atoms with van der Waals surface area (Å²) >= 11 is 1.30. The van der Waals surface area contributed by atoms with Gasteiger partial charge in [-0.3, -0.25) is 9.59 Å². The monoisotopic (exact) mass is 401 g/mol. The van der Waals surface area contributed by atoms with Gasteiger partial charge in [0.05, 0.1) is 17.5 Å². The van der Waals surface area contributed by atoms with E-state index in [2.05, 4.69) is 27.9 Å². The first-order valence-electron chi connectivity index (χ1n) is 9.77. The van der Waals surface area contributed by atoms with E-state index in [9.17, 15) is 9.59 Å². The molecule has 0 aliphatic heterocycles. The van der Waals surface area contributed by atoms with Gasteiger partial charge in [0.1, 0.15) is 5.76 Å². The van der Waals surface area contributed by atoms with Crippen LogP contribution >= 0.6 is 11.8 Å².